The lowest BCUT2D eigenvalue weighted by Gasteiger charge is -2.30. The number of benzene rings is 1. The van der Waals surface area contributed by atoms with Gasteiger partial charge >= 0.3 is 5.97 Å². The lowest BCUT2D eigenvalue weighted by Crippen LogP contribution is -2.39. The smallest absolute Gasteiger partial charge is 0.328 e. The zero-order chi connectivity index (χ0) is 16.8. The number of carbonyl (C=O) groups is 2. The van der Waals surface area contributed by atoms with Crippen LogP contribution in [0.5, 0.6) is 11.5 Å². The maximum absolute atomic E-state index is 12.0. The molecule has 1 aromatic rings. The average molecular weight is 317 g/mol. The minimum Gasteiger partial charge on any atom is -0.490 e. The van der Waals surface area contributed by atoms with Gasteiger partial charge < -0.3 is 19.5 Å². The molecule has 0 spiro atoms. The van der Waals surface area contributed by atoms with E-state index in [1.54, 1.807) is 23.1 Å². The van der Waals surface area contributed by atoms with Crippen molar-refractivity contribution in [3.63, 3.8) is 0 Å². The lowest BCUT2D eigenvalue weighted by molar-refractivity contribution is -0.131. The van der Waals surface area contributed by atoms with E-state index in [0.717, 1.165) is 12.5 Å². The van der Waals surface area contributed by atoms with Crippen LogP contribution in [0, 0.1) is 0 Å². The third kappa shape index (κ3) is 3.91. The highest BCUT2D eigenvalue weighted by atomic mass is 16.5. The quantitative estimate of drug-likeness (QED) is 0.617. The van der Waals surface area contributed by atoms with Gasteiger partial charge in [0, 0.05) is 12.6 Å². The van der Waals surface area contributed by atoms with Crippen LogP contribution < -0.4 is 14.4 Å². The number of anilines is 1. The number of hydrogen-bond donors (Lipinski definition) is 1. The van der Waals surface area contributed by atoms with Gasteiger partial charge in [-0.1, -0.05) is 13.0 Å². The van der Waals surface area contributed by atoms with Gasteiger partial charge in [-0.25, -0.2) is 4.79 Å². The summed E-state index contributed by atoms with van der Waals surface area (Å²) in [5.41, 5.74) is 1.17. The molecule has 0 unspecified atom stereocenters. The van der Waals surface area contributed by atoms with Crippen LogP contribution in [-0.4, -0.2) is 36.7 Å². The highest BCUT2D eigenvalue weighted by molar-refractivity contribution is 5.99. The number of carboxylic acids is 1. The topological polar surface area (TPSA) is 76.1 Å². The highest BCUT2D eigenvalue weighted by Crippen LogP contribution is 2.42. The van der Waals surface area contributed by atoms with Crippen LogP contribution in [-0.2, 0) is 9.59 Å². The molecule has 23 heavy (non-hydrogen) atoms. The summed E-state index contributed by atoms with van der Waals surface area (Å²) in [5, 5.41) is 8.78. The molecule has 1 heterocycles. The Hall–Kier alpha value is -2.76. The predicted molar refractivity (Wildman–Crippen MR) is 86.9 cm³/mol. The molecule has 0 aromatic heterocycles. The van der Waals surface area contributed by atoms with Crippen LogP contribution in [0.1, 0.15) is 18.9 Å². The van der Waals surface area contributed by atoms with E-state index in [2.05, 4.69) is 6.58 Å². The molecule has 0 bridgehead atoms. The second-order valence-corrected chi connectivity index (χ2v) is 4.97. The van der Waals surface area contributed by atoms with Gasteiger partial charge in [0.05, 0.1) is 12.3 Å². The van der Waals surface area contributed by atoms with Gasteiger partial charge in [-0.3, -0.25) is 4.79 Å². The summed E-state index contributed by atoms with van der Waals surface area (Å²) >= 11 is 0. The first-order valence-electron chi connectivity index (χ1n) is 7.32. The van der Waals surface area contributed by atoms with Crippen molar-refractivity contribution in [1.29, 1.82) is 0 Å². The van der Waals surface area contributed by atoms with E-state index in [-0.39, 0.29) is 12.5 Å². The van der Waals surface area contributed by atoms with Crippen molar-refractivity contribution in [3.05, 3.63) is 36.4 Å². The number of carbonyl (C=O) groups excluding carboxylic acids is 1. The van der Waals surface area contributed by atoms with Crippen LogP contribution >= 0.6 is 0 Å². The van der Waals surface area contributed by atoms with Crippen molar-refractivity contribution in [2.24, 2.45) is 0 Å². The maximum Gasteiger partial charge on any atom is 0.328 e. The summed E-state index contributed by atoms with van der Waals surface area (Å²) in [4.78, 5) is 24.3. The summed E-state index contributed by atoms with van der Waals surface area (Å²) < 4.78 is 11.2. The zero-order valence-electron chi connectivity index (χ0n) is 12.9. The predicted octanol–water partition coefficient (Wildman–Crippen LogP) is 2.48. The Labute approximate surface area is 134 Å². The Balaban J connectivity index is 2.50. The number of rotatable bonds is 7. The third-order valence-corrected chi connectivity index (χ3v) is 3.18. The number of fused-ring (bicyclic) bond motifs is 1. The first kappa shape index (κ1) is 16.6. The summed E-state index contributed by atoms with van der Waals surface area (Å²) in [7, 11) is 0. The second kappa shape index (κ2) is 7.49. The molecule has 6 nitrogen and oxygen atoms in total. The Kier molecular flexibility index (Phi) is 5.41. The first-order chi connectivity index (χ1) is 11.1. The monoisotopic (exact) mass is 317 g/mol. The van der Waals surface area contributed by atoms with Gasteiger partial charge in [-0.05, 0) is 30.2 Å². The fraction of sp³-hybridized carbons (Fsp3) is 0.294. The van der Waals surface area contributed by atoms with E-state index in [0.29, 0.717) is 35.9 Å². The molecule has 1 aliphatic rings. The van der Waals surface area contributed by atoms with Crippen molar-refractivity contribution < 1.29 is 24.2 Å². The molecule has 2 rings (SSSR count). The Morgan fingerprint density at radius 1 is 1.52 bits per heavy atom. The van der Waals surface area contributed by atoms with Gasteiger partial charge in [0.25, 0.3) is 5.91 Å². The second-order valence-electron chi connectivity index (χ2n) is 4.97. The van der Waals surface area contributed by atoms with E-state index in [1.165, 1.54) is 6.08 Å². The highest BCUT2D eigenvalue weighted by Gasteiger charge is 2.28. The molecule has 0 saturated carbocycles. The summed E-state index contributed by atoms with van der Waals surface area (Å²) in [6, 6.07) is 3.41. The molecular weight excluding hydrogens is 298 g/mol. The molecule has 1 amide bonds. The number of aliphatic carboxylic acids is 1. The molecule has 1 aliphatic heterocycles. The van der Waals surface area contributed by atoms with Crippen molar-refractivity contribution in [2.45, 2.75) is 13.3 Å². The molecule has 1 N–H and O–H groups in total. The van der Waals surface area contributed by atoms with Crippen LogP contribution in [0.4, 0.5) is 5.69 Å². The van der Waals surface area contributed by atoms with E-state index in [1.807, 2.05) is 6.92 Å². The third-order valence-electron chi connectivity index (χ3n) is 3.18. The molecule has 1 aromatic carbocycles. The van der Waals surface area contributed by atoms with Crippen LogP contribution in [0.2, 0.25) is 0 Å². The molecular formula is C17H19NO5. The molecule has 0 fully saturated rings. The largest absolute Gasteiger partial charge is 0.490 e. The van der Waals surface area contributed by atoms with E-state index < -0.39 is 5.97 Å². The van der Waals surface area contributed by atoms with Gasteiger partial charge in [0.15, 0.2) is 18.1 Å². The molecule has 0 atom stereocenters. The average Bonchev–Trinajstić information content (AvgIpc) is 2.53. The van der Waals surface area contributed by atoms with Gasteiger partial charge in [0.1, 0.15) is 0 Å². The minimum absolute atomic E-state index is 0.0619. The van der Waals surface area contributed by atoms with Crippen LogP contribution in [0.3, 0.4) is 0 Å². The van der Waals surface area contributed by atoms with Crippen LogP contribution in [0.25, 0.3) is 6.08 Å². The van der Waals surface area contributed by atoms with Crippen molar-refractivity contribution in [1.82, 2.24) is 0 Å². The van der Waals surface area contributed by atoms with Gasteiger partial charge in [0.2, 0.25) is 0 Å². The van der Waals surface area contributed by atoms with E-state index in [4.69, 9.17) is 14.6 Å². The van der Waals surface area contributed by atoms with E-state index >= 15 is 0 Å². The Morgan fingerprint density at radius 2 is 2.30 bits per heavy atom. The Bertz CT molecular complexity index is 651. The number of hydrogen-bond acceptors (Lipinski definition) is 4. The molecule has 6 heteroatoms. The number of ether oxygens (including phenoxy) is 2. The maximum atomic E-state index is 12.0. The van der Waals surface area contributed by atoms with Crippen LogP contribution in [0.15, 0.2) is 30.9 Å². The Morgan fingerprint density at radius 3 is 2.96 bits per heavy atom. The SMILES string of the molecule is C=CCN1C(=O)COc2c(OCCC)cc(/C=C/C(=O)O)cc21. The number of nitrogens with zero attached hydrogens (tertiary/aromatic N) is 1. The lowest BCUT2D eigenvalue weighted by atomic mass is 10.1. The van der Waals surface area contributed by atoms with Crippen molar-refractivity contribution in [3.8, 4) is 11.5 Å². The number of carboxylic acid groups (broad SMARTS) is 1. The van der Waals surface area contributed by atoms with E-state index in [9.17, 15) is 9.59 Å². The molecule has 0 aliphatic carbocycles. The van der Waals surface area contributed by atoms with Crippen molar-refractivity contribution >= 4 is 23.6 Å². The molecule has 0 radical (unpaired) electrons. The first-order valence-corrected chi connectivity index (χ1v) is 7.32. The minimum atomic E-state index is -1.05. The van der Waals surface area contributed by atoms with Gasteiger partial charge in [-0.15, -0.1) is 6.58 Å². The summed E-state index contributed by atoms with van der Waals surface area (Å²) in [5.74, 6) is -0.240. The molecule has 122 valence electrons. The summed E-state index contributed by atoms with van der Waals surface area (Å²) in [6.45, 7) is 6.42. The van der Waals surface area contributed by atoms with Crippen molar-refractivity contribution in [2.75, 3.05) is 24.7 Å². The standard InChI is InChI=1S/C17H19NO5/c1-3-7-18-13-9-12(5-6-16(20)21)10-14(22-8-4-2)17(13)23-11-15(18)19/h3,5-6,9-10H,1,4,7-8,11H2,2H3,(H,20,21)/b6-5+. The fourth-order valence-electron chi connectivity index (χ4n) is 2.21. The summed E-state index contributed by atoms with van der Waals surface area (Å²) in [6.07, 6.45) is 4.93. The molecule has 0 saturated heterocycles. The number of amides is 1. The fourth-order valence-corrected chi connectivity index (χ4v) is 2.21. The zero-order valence-corrected chi connectivity index (χ0v) is 12.9. The van der Waals surface area contributed by atoms with Gasteiger partial charge in [-0.2, -0.15) is 0 Å². The normalized spacial score (nSPS) is 13.6.